The lowest BCUT2D eigenvalue weighted by Gasteiger charge is -2.32. The van der Waals surface area contributed by atoms with Crippen LogP contribution in [0.5, 0.6) is 0 Å². The second-order valence-corrected chi connectivity index (χ2v) is 9.17. The van der Waals surface area contributed by atoms with Crippen molar-refractivity contribution in [3.05, 3.63) is 84.1 Å². The molecule has 0 aliphatic carbocycles. The third-order valence-corrected chi connectivity index (χ3v) is 6.79. The number of carbonyl (C=O) groups excluding carboxylic acids is 1. The molecule has 1 fully saturated rings. The van der Waals surface area contributed by atoms with Gasteiger partial charge in [0.05, 0.1) is 18.3 Å². The molecule has 0 amide bonds. The van der Waals surface area contributed by atoms with Crippen molar-refractivity contribution in [2.75, 3.05) is 45.5 Å². The molecule has 0 radical (unpaired) electrons. The van der Waals surface area contributed by atoms with Gasteiger partial charge in [0.1, 0.15) is 0 Å². The van der Waals surface area contributed by atoms with Crippen LogP contribution >= 0.6 is 0 Å². The van der Waals surface area contributed by atoms with Crippen LogP contribution in [0, 0.1) is 0 Å². The Bertz CT molecular complexity index is 1290. The standard InChI is InChI=1S/C28H31N5O/c1-31-11-13-32(14-12-31)15-16-33-27-10-8-23(18-25(27)20-30-33)28(34)19-24-17-22(7-9-26(24)29)21-5-3-2-4-6-21/h2-10,17-18,20H,11-16,19,29H2,1H3. The third kappa shape index (κ3) is 4.88. The monoisotopic (exact) mass is 453 g/mol. The normalized spacial score (nSPS) is 15.1. The second kappa shape index (κ2) is 9.79. The highest BCUT2D eigenvalue weighted by molar-refractivity contribution is 6.01. The number of likely N-dealkylation sites (N-methyl/N-ethyl adjacent to an activating group) is 1. The fourth-order valence-corrected chi connectivity index (χ4v) is 4.59. The Hall–Kier alpha value is -3.48. The molecule has 0 bridgehead atoms. The summed E-state index contributed by atoms with van der Waals surface area (Å²) in [4.78, 5) is 18.0. The van der Waals surface area contributed by atoms with Crippen LogP contribution in [0.2, 0.25) is 0 Å². The van der Waals surface area contributed by atoms with Gasteiger partial charge < -0.3 is 10.6 Å². The summed E-state index contributed by atoms with van der Waals surface area (Å²) in [5, 5.41) is 5.58. The molecule has 4 aromatic rings. The zero-order chi connectivity index (χ0) is 23.5. The highest BCUT2D eigenvalue weighted by atomic mass is 16.1. The Labute approximate surface area is 200 Å². The van der Waals surface area contributed by atoms with E-state index < -0.39 is 0 Å². The van der Waals surface area contributed by atoms with Gasteiger partial charge in [0.15, 0.2) is 5.78 Å². The maximum absolute atomic E-state index is 13.1. The van der Waals surface area contributed by atoms with Gasteiger partial charge in [-0.05, 0) is 54.1 Å². The van der Waals surface area contributed by atoms with Crippen LogP contribution in [0.1, 0.15) is 15.9 Å². The van der Waals surface area contributed by atoms with Crippen LogP contribution < -0.4 is 5.73 Å². The zero-order valence-corrected chi connectivity index (χ0v) is 19.7. The third-order valence-electron chi connectivity index (χ3n) is 6.79. The number of carbonyl (C=O) groups is 1. The molecule has 2 N–H and O–H groups in total. The summed E-state index contributed by atoms with van der Waals surface area (Å²) in [6.07, 6.45) is 2.13. The molecule has 34 heavy (non-hydrogen) atoms. The van der Waals surface area contributed by atoms with Crippen LogP contribution in [0.3, 0.4) is 0 Å². The van der Waals surface area contributed by atoms with E-state index in [-0.39, 0.29) is 12.2 Å². The van der Waals surface area contributed by atoms with E-state index in [1.807, 2.05) is 65.5 Å². The van der Waals surface area contributed by atoms with E-state index in [0.29, 0.717) is 11.3 Å². The van der Waals surface area contributed by atoms with Gasteiger partial charge in [-0.3, -0.25) is 14.4 Å². The Morgan fingerprint density at radius 2 is 1.71 bits per heavy atom. The summed E-state index contributed by atoms with van der Waals surface area (Å²) in [7, 11) is 2.17. The molecular weight excluding hydrogens is 422 g/mol. The molecule has 2 heterocycles. The Balaban J connectivity index is 1.29. The van der Waals surface area contributed by atoms with Crippen molar-refractivity contribution in [2.24, 2.45) is 0 Å². The summed E-state index contributed by atoms with van der Waals surface area (Å²) in [5.74, 6) is 0.0593. The van der Waals surface area contributed by atoms with Crippen LogP contribution in [-0.4, -0.2) is 65.1 Å². The molecule has 6 nitrogen and oxygen atoms in total. The number of nitrogens with two attached hydrogens (primary N) is 1. The second-order valence-electron chi connectivity index (χ2n) is 9.17. The summed E-state index contributed by atoms with van der Waals surface area (Å²) in [6, 6.07) is 21.9. The van der Waals surface area contributed by atoms with Gasteiger partial charge in [0.25, 0.3) is 0 Å². The summed E-state index contributed by atoms with van der Waals surface area (Å²) in [6.45, 7) is 6.27. The minimum Gasteiger partial charge on any atom is -0.398 e. The number of ketones is 1. The highest BCUT2D eigenvalue weighted by Crippen LogP contribution is 2.25. The lowest BCUT2D eigenvalue weighted by atomic mass is 9.97. The van der Waals surface area contributed by atoms with Gasteiger partial charge in [-0.25, -0.2) is 0 Å². The highest BCUT2D eigenvalue weighted by Gasteiger charge is 2.15. The first kappa shape index (κ1) is 22.3. The number of piperazine rings is 1. The Morgan fingerprint density at radius 1 is 0.912 bits per heavy atom. The summed E-state index contributed by atoms with van der Waals surface area (Å²) >= 11 is 0. The molecular formula is C28H31N5O. The van der Waals surface area contributed by atoms with E-state index >= 15 is 0 Å². The molecule has 0 saturated carbocycles. The Kier molecular flexibility index (Phi) is 6.43. The first-order valence-corrected chi connectivity index (χ1v) is 11.9. The van der Waals surface area contributed by atoms with Crippen molar-refractivity contribution in [1.29, 1.82) is 0 Å². The smallest absolute Gasteiger partial charge is 0.167 e. The van der Waals surface area contributed by atoms with E-state index in [4.69, 9.17) is 5.73 Å². The maximum Gasteiger partial charge on any atom is 0.167 e. The van der Waals surface area contributed by atoms with Gasteiger partial charge in [-0.1, -0.05) is 36.4 Å². The van der Waals surface area contributed by atoms with E-state index in [1.54, 1.807) is 0 Å². The maximum atomic E-state index is 13.1. The quantitative estimate of drug-likeness (QED) is 0.339. The van der Waals surface area contributed by atoms with Crippen molar-refractivity contribution in [1.82, 2.24) is 19.6 Å². The number of Topliss-reactive ketones (excluding diaryl/α,β-unsaturated/α-hetero) is 1. The molecule has 3 aromatic carbocycles. The number of aromatic nitrogens is 2. The predicted molar refractivity (Wildman–Crippen MR) is 138 cm³/mol. The molecule has 174 valence electrons. The zero-order valence-electron chi connectivity index (χ0n) is 19.7. The molecule has 1 aromatic heterocycles. The average Bonchev–Trinajstić information content (AvgIpc) is 3.28. The lowest BCUT2D eigenvalue weighted by molar-refractivity contribution is 0.0993. The fraction of sp³-hybridized carbons (Fsp3) is 0.286. The number of nitrogens with zero attached hydrogens (tertiary/aromatic N) is 4. The molecule has 1 aliphatic heterocycles. The number of nitrogen functional groups attached to an aromatic ring is 1. The molecule has 1 saturated heterocycles. The molecule has 0 atom stereocenters. The van der Waals surface area contributed by atoms with Crippen LogP contribution in [0.15, 0.2) is 72.9 Å². The summed E-state index contributed by atoms with van der Waals surface area (Å²) in [5.41, 5.74) is 11.7. The van der Waals surface area contributed by atoms with Gasteiger partial charge in [-0.15, -0.1) is 0 Å². The van der Waals surface area contributed by atoms with Crippen molar-refractivity contribution in [3.63, 3.8) is 0 Å². The summed E-state index contributed by atoms with van der Waals surface area (Å²) < 4.78 is 2.04. The minimum atomic E-state index is 0.0593. The molecule has 6 heteroatoms. The van der Waals surface area contributed by atoms with Gasteiger partial charge in [0.2, 0.25) is 0 Å². The van der Waals surface area contributed by atoms with E-state index in [0.717, 1.165) is 66.9 Å². The molecule has 1 aliphatic rings. The number of hydrogen-bond acceptors (Lipinski definition) is 5. The van der Waals surface area contributed by atoms with E-state index in [1.165, 1.54) is 0 Å². The fourth-order valence-electron chi connectivity index (χ4n) is 4.59. The van der Waals surface area contributed by atoms with E-state index in [9.17, 15) is 4.79 Å². The number of anilines is 1. The van der Waals surface area contributed by atoms with E-state index in [2.05, 4.69) is 34.1 Å². The predicted octanol–water partition coefficient (Wildman–Crippen LogP) is 3.96. The van der Waals surface area contributed by atoms with Gasteiger partial charge >= 0.3 is 0 Å². The molecule has 5 rings (SSSR count). The minimum absolute atomic E-state index is 0.0593. The van der Waals surface area contributed by atoms with Gasteiger partial charge in [0, 0.05) is 55.8 Å². The van der Waals surface area contributed by atoms with Crippen molar-refractivity contribution in [2.45, 2.75) is 13.0 Å². The number of benzene rings is 3. The van der Waals surface area contributed by atoms with Crippen LogP contribution in [0.25, 0.3) is 22.0 Å². The van der Waals surface area contributed by atoms with Crippen LogP contribution in [0.4, 0.5) is 5.69 Å². The lowest BCUT2D eigenvalue weighted by Crippen LogP contribution is -2.45. The van der Waals surface area contributed by atoms with Crippen molar-refractivity contribution in [3.8, 4) is 11.1 Å². The SMILES string of the molecule is CN1CCN(CCn2ncc3cc(C(=O)Cc4cc(-c5ccccc5)ccc4N)ccc32)CC1. The molecule has 0 unspecified atom stereocenters. The van der Waals surface area contributed by atoms with Crippen molar-refractivity contribution >= 4 is 22.4 Å². The van der Waals surface area contributed by atoms with Crippen molar-refractivity contribution < 1.29 is 4.79 Å². The number of rotatable bonds is 7. The number of hydrogen-bond donors (Lipinski definition) is 1. The topological polar surface area (TPSA) is 67.4 Å². The Morgan fingerprint density at radius 3 is 2.50 bits per heavy atom. The first-order chi connectivity index (χ1) is 16.6. The molecule has 0 spiro atoms. The van der Waals surface area contributed by atoms with Crippen LogP contribution in [-0.2, 0) is 13.0 Å². The average molecular weight is 454 g/mol. The number of fused-ring (bicyclic) bond motifs is 1. The van der Waals surface area contributed by atoms with Gasteiger partial charge in [-0.2, -0.15) is 5.10 Å². The first-order valence-electron chi connectivity index (χ1n) is 11.9. The largest absolute Gasteiger partial charge is 0.398 e.